The van der Waals surface area contributed by atoms with Crippen LogP contribution in [-0.4, -0.2) is 93.2 Å². The fourth-order valence-corrected chi connectivity index (χ4v) is 4.06. The minimum Gasteiger partial charge on any atom is -0.481 e. The Labute approximate surface area is 199 Å². The summed E-state index contributed by atoms with van der Waals surface area (Å²) in [5, 5.41) is 28.1. The van der Waals surface area contributed by atoms with E-state index in [-0.39, 0.29) is 37.2 Å². The standard InChI is InChI=1S/C10H16N2O3.C7H14N2O.C5H8O4/c13-9(7-3-1-5-11-7)12-6-2-4-8(12)10(14)15;8-7(10)9-5-3-1-2-4-6-9;6-4(7)2-1-3-5(8)9/h7-8,11H,1-6H2,(H,14,15);1-6H2,(H2,8,10);1-3H2,(H,6,7)(H,8,9)/t7-,8-;;/m0../s1. The molecule has 6 N–H and O–H groups in total. The van der Waals surface area contributed by atoms with Gasteiger partial charge in [-0.25, -0.2) is 9.59 Å². The summed E-state index contributed by atoms with van der Waals surface area (Å²) >= 11 is 0. The quantitative estimate of drug-likeness (QED) is 0.365. The van der Waals surface area contributed by atoms with Crippen LogP contribution in [0.5, 0.6) is 0 Å². The molecule has 3 aliphatic heterocycles. The number of nitrogens with two attached hydrogens (primary N) is 1. The molecule has 0 bridgehead atoms. The first kappa shape index (κ1) is 29.1. The third-order valence-electron chi connectivity index (χ3n) is 5.88. The molecule has 3 aliphatic rings. The number of nitrogens with one attached hydrogen (secondary N) is 1. The molecule has 0 radical (unpaired) electrons. The number of carboxylic acids is 3. The molecule has 3 fully saturated rings. The van der Waals surface area contributed by atoms with Crippen LogP contribution in [0.2, 0.25) is 0 Å². The number of aliphatic carboxylic acids is 3. The molecule has 3 amide bonds. The van der Waals surface area contributed by atoms with Gasteiger partial charge in [0.05, 0.1) is 6.04 Å². The summed E-state index contributed by atoms with van der Waals surface area (Å²) in [7, 11) is 0. The summed E-state index contributed by atoms with van der Waals surface area (Å²) in [6.45, 7) is 3.17. The van der Waals surface area contributed by atoms with Gasteiger partial charge in [-0.15, -0.1) is 0 Å². The number of hydrogen-bond acceptors (Lipinski definition) is 6. The minimum atomic E-state index is -0.948. The summed E-state index contributed by atoms with van der Waals surface area (Å²) in [4.78, 5) is 56.4. The predicted molar refractivity (Wildman–Crippen MR) is 122 cm³/mol. The predicted octanol–water partition coefficient (Wildman–Crippen LogP) is 1.08. The number of carboxylic acid groups (broad SMARTS) is 3. The van der Waals surface area contributed by atoms with Gasteiger partial charge < -0.3 is 36.2 Å². The Morgan fingerprint density at radius 3 is 1.82 bits per heavy atom. The highest BCUT2D eigenvalue weighted by atomic mass is 16.4. The minimum absolute atomic E-state index is 0.0302. The van der Waals surface area contributed by atoms with Gasteiger partial charge in [0.2, 0.25) is 5.91 Å². The van der Waals surface area contributed by atoms with Gasteiger partial charge in [0, 0.05) is 32.5 Å². The van der Waals surface area contributed by atoms with E-state index in [1.165, 1.54) is 17.7 Å². The summed E-state index contributed by atoms with van der Waals surface area (Å²) in [6.07, 6.45) is 8.02. The highest BCUT2D eigenvalue weighted by Crippen LogP contribution is 2.20. The number of hydrogen-bond donors (Lipinski definition) is 5. The van der Waals surface area contributed by atoms with Gasteiger partial charge in [-0.05, 0) is 51.5 Å². The van der Waals surface area contributed by atoms with Crippen molar-refractivity contribution in [3.8, 4) is 0 Å². The molecule has 2 atom stereocenters. The zero-order chi connectivity index (χ0) is 25.5. The molecule has 0 spiro atoms. The molecule has 0 aromatic heterocycles. The molecule has 3 rings (SSSR count). The molecular weight excluding hydrogens is 448 g/mol. The summed E-state index contributed by atoms with van der Waals surface area (Å²) in [5.41, 5.74) is 5.12. The average Bonchev–Trinajstić information content (AvgIpc) is 3.41. The lowest BCUT2D eigenvalue weighted by atomic mass is 10.1. The van der Waals surface area contributed by atoms with Crippen molar-refractivity contribution in [3.63, 3.8) is 0 Å². The molecule has 194 valence electrons. The second kappa shape index (κ2) is 15.9. The molecule has 34 heavy (non-hydrogen) atoms. The third-order valence-corrected chi connectivity index (χ3v) is 5.88. The fraction of sp³-hybridized carbons (Fsp3) is 0.773. The number of urea groups is 1. The first-order chi connectivity index (χ1) is 16.1. The largest absolute Gasteiger partial charge is 0.481 e. The summed E-state index contributed by atoms with van der Waals surface area (Å²) in [6, 6.07) is -1.01. The first-order valence-electron chi connectivity index (χ1n) is 11.9. The Morgan fingerprint density at radius 2 is 1.38 bits per heavy atom. The lowest BCUT2D eigenvalue weighted by Gasteiger charge is -2.24. The maximum atomic E-state index is 12.0. The van der Waals surface area contributed by atoms with Crippen LogP contribution in [0.15, 0.2) is 0 Å². The fourth-order valence-electron chi connectivity index (χ4n) is 4.06. The first-order valence-corrected chi connectivity index (χ1v) is 11.9. The molecule has 12 heteroatoms. The number of carbonyl (C=O) groups is 5. The number of likely N-dealkylation sites (tertiary alicyclic amines) is 2. The molecule has 0 aromatic rings. The van der Waals surface area contributed by atoms with Gasteiger partial charge in [0.1, 0.15) is 6.04 Å². The molecule has 0 aromatic carbocycles. The number of carbonyl (C=O) groups excluding carboxylic acids is 2. The van der Waals surface area contributed by atoms with Crippen LogP contribution in [0.3, 0.4) is 0 Å². The van der Waals surface area contributed by atoms with Crippen LogP contribution in [0.1, 0.15) is 70.6 Å². The normalized spacial score (nSPS) is 21.9. The second-order valence-electron chi connectivity index (χ2n) is 8.56. The molecule has 12 nitrogen and oxygen atoms in total. The molecule has 3 heterocycles. The number of rotatable bonds is 6. The lowest BCUT2D eigenvalue weighted by molar-refractivity contribution is -0.148. The maximum absolute atomic E-state index is 12.0. The molecule has 0 saturated carbocycles. The van der Waals surface area contributed by atoms with E-state index in [1.54, 1.807) is 4.90 Å². The Hall–Kier alpha value is -2.89. The van der Waals surface area contributed by atoms with Gasteiger partial charge >= 0.3 is 23.9 Å². The summed E-state index contributed by atoms with van der Waals surface area (Å²) in [5.74, 6) is -2.80. The molecule has 0 unspecified atom stereocenters. The third kappa shape index (κ3) is 11.3. The number of amides is 3. The highest BCUT2D eigenvalue weighted by Gasteiger charge is 2.37. The lowest BCUT2D eigenvalue weighted by Crippen LogP contribution is -2.48. The van der Waals surface area contributed by atoms with Crippen molar-refractivity contribution < 1.29 is 39.3 Å². The van der Waals surface area contributed by atoms with E-state index in [1.807, 2.05) is 0 Å². The Balaban J connectivity index is 0.000000268. The second-order valence-corrected chi connectivity index (χ2v) is 8.56. The highest BCUT2D eigenvalue weighted by molar-refractivity contribution is 5.87. The van der Waals surface area contributed by atoms with Crippen molar-refractivity contribution in [3.05, 3.63) is 0 Å². The van der Waals surface area contributed by atoms with Crippen molar-refractivity contribution in [2.45, 2.75) is 82.7 Å². The van der Waals surface area contributed by atoms with Crippen LogP contribution in [0.25, 0.3) is 0 Å². The zero-order valence-corrected chi connectivity index (χ0v) is 19.6. The van der Waals surface area contributed by atoms with Gasteiger partial charge in [0.15, 0.2) is 0 Å². The summed E-state index contributed by atoms with van der Waals surface area (Å²) < 4.78 is 0. The number of primary amides is 1. The van der Waals surface area contributed by atoms with Crippen LogP contribution < -0.4 is 11.1 Å². The van der Waals surface area contributed by atoms with E-state index in [0.717, 1.165) is 51.7 Å². The Bertz CT molecular complexity index is 674. The van der Waals surface area contributed by atoms with E-state index in [9.17, 15) is 24.0 Å². The van der Waals surface area contributed by atoms with Crippen LogP contribution in [-0.2, 0) is 19.2 Å². The van der Waals surface area contributed by atoms with E-state index < -0.39 is 23.9 Å². The van der Waals surface area contributed by atoms with Crippen molar-refractivity contribution in [2.24, 2.45) is 5.73 Å². The molecular formula is C22H38N4O8. The Kier molecular flexibility index (Phi) is 13.6. The van der Waals surface area contributed by atoms with Gasteiger partial charge in [-0.3, -0.25) is 14.4 Å². The van der Waals surface area contributed by atoms with Crippen LogP contribution in [0.4, 0.5) is 4.79 Å². The zero-order valence-electron chi connectivity index (χ0n) is 19.6. The molecule has 0 aliphatic carbocycles. The van der Waals surface area contributed by atoms with E-state index >= 15 is 0 Å². The average molecular weight is 487 g/mol. The van der Waals surface area contributed by atoms with Gasteiger partial charge in [-0.1, -0.05) is 12.8 Å². The van der Waals surface area contributed by atoms with Crippen LogP contribution >= 0.6 is 0 Å². The Morgan fingerprint density at radius 1 is 0.794 bits per heavy atom. The molecule has 3 saturated heterocycles. The number of nitrogens with zero attached hydrogens (tertiary/aromatic N) is 2. The van der Waals surface area contributed by atoms with E-state index in [0.29, 0.717) is 13.0 Å². The van der Waals surface area contributed by atoms with Crippen LogP contribution in [0, 0.1) is 0 Å². The smallest absolute Gasteiger partial charge is 0.326 e. The van der Waals surface area contributed by atoms with Gasteiger partial charge in [0.25, 0.3) is 0 Å². The van der Waals surface area contributed by atoms with Crippen molar-refractivity contribution >= 4 is 29.8 Å². The monoisotopic (exact) mass is 486 g/mol. The topological polar surface area (TPSA) is 191 Å². The van der Waals surface area contributed by atoms with Crippen molar-refractivity contribution in [1.29, 1.82) is 0 Å². The maximum Gasteiger partial charge on any atom is 0.326 e. The van der Waals surface area contributed by atoms with E-state index in [4.69, 9.17) is 21.1 Å². The van der Waals surface area contributed by atoms with Crippen molar-refractivity contribution in [1.82, 2.24) is 15.1 Å². The SMILES string of the molecule is NC(=O)N1CCCCCC1.O=C(O)CCCC(=O)O.O=C(O)[C@@H]1CCCN1C(=O)[C@@H]1CCCN1. The van der Waals surface area contributed by atoms with Gasteiger partial charge in [-0.2, -0.15) is 0 Å². The van der Waals surface area contributed by atoms with E-state index in [2.05, 4.69) is 5.32 Å². The van der Waals surface area contributed by atoms with Crippen molar-refractivity contribution in [2.75, 3.05) is 26.2 Å².